The van der Waals surface area contributed by atoms with E-state index < -0.39 is 6.04 Å². The van der Waals surface area contributed by atoms with Crippen molar-refractivity contribution in [2.24, 2.45) is 0 Å². The quantitative estimate of drug-likeness (QED) is 0.939. The van der Waals surface area contributed by atoms with E-state index in [1.54, 1.807) is 30.2 Å². The van der Waals surface area contributed by atoms with E-state index in [0.717, 1.165) is 12.1 Å². The minimum Gasteiger partial charge on any atom is -0.340 e. The number of rotatable bonds is 3. The smallest absolute Gasteiger partial charge is 0.253 e. The predicted octanol–water partition coefficient (Wildman–Crippen LogP) is 1.79. The van der Waals surface area contributed by atoms with Crippen LogP contribution in [0, 0.1) is 0 Å². The van der Waals surface area contributed by atoms with Gasteiger partial charge in [-0.2, -0.15) is 0 Å². The van der Waals surface area contributed by atoms with Gasteiger partial charge in [0.1, 0.15) is 6.04 Å². The van der Waals surface area contributed by atoms with Crippen LogP contribution >= 0.6 is 0 Å². The molecule has 2 amide bonds. The highest BCUT2D eigenvalue weighted by Crippen LogP contribution is 2.27. The number of anilines is 1. The normalized spacial score (nSPS) is 14.3. The number of nitrogens with zero attached hydrogens (tertiary/aromatic N) is 2. The number of hydrogen-bond acceptors (Lipinski definition) is 3. The molecule has 1 aromatic heterocycles. The first-order valence-corrected chi connectivity index (χ1v) is 7.27. The molecule has 1 aliphatic heterocycles. The predicted molar refractivity (Wildman–Crippen MR) is 83.7 cm³/mol. The fourth-order valence-corrected chi connectivity index (χ4v) is 2.64. The van der Waals surface area contributed by atoms with Crippen molar-refractivity contribution in [2.45, 2.75) is 19.4 Å². The fraction of sp³-hybridized carbons (Fsp3) is 0.235. The second-order valence-electron chi connectivity index (χ2n) is 5.31. The number of amides is 2. The molecule has 0 spiro atoms. The monoisotopic (exact) mass is 295 g/mol. The standard InChI is InChI=1S/C17H17N3O2/c1-12(19-16(21)14-6-4-9-18-11-14)17(22)20-10-8-13-5-2-3-7-15(13)20/h2-7,9,11-12H,8,10H2,1H3,(H,19,21)/t12-/m1/s1. The summed E-state index contributed by atoms with van der Waals surface area (Å²) in [5.41, 5.74) is 2.56. The van der Waals surface area contributed by atoms with Crippen LogP contribution in [0.5, 0.6) is 0 Å². The topological polar surface area (TPSA) is 62.3 Å². The van der Waals surface area contributed by atoms with E-state index in [0.29, 0.717) is 12.1 Å². The van der Waals surface area contributed by atoms with E-state index in [1.165, 1.54) is 11.8 Å². The molecule has 0 saturated carbocycles. The molecule has 0 unspecified atom stereocenters. The van der Waals surface area contributed by atoms with E-state index in [-0.39, 0.29) is 11.8 Å². The van der Waals surface area contributed by atoms with Crippen LogP contribution in [0.1, 0.15) is 22.8 Å². The first-order chi connectivity index (χ1) is 10.7. The Hall–Kier alpha value is -2.69. The first kappa shape index (κ1) is 14.3. The molecule has 1 aromatic carbocycles. The molecule has 1 aliphatic rings. The van der Waals surface area contributed by atoms with Crippen molar-refractivity contribution in [1.82, 2.24) is 10.3 Å². The summed E-state index contributed by atoms with van der Waals surface area (Å²) in [6.45, 7) is 2.36. The van der Waals surface area contributed by atoms with Crippen molar-refractivity contribution >= 4 is 17.5 Å². The summed E-state index contributed by atoms with van der Waals surface area (Å²) >= 11 is 0. The molecule has 0 saturated heterocycles. The first-order valence-electron chi connectivity index (χ1n) is 7.27. The summed E-state index contributed by atoms with van der Waals surface area (Å²) in [4.78, 5) is 30.3. The van der Waals surface area contributed by atoms with E-state index in [9.17, 15) is 9.59 Å². The number of carbonyl (C=O) groups excluding carboxylic acids is 2. The Morgan fingerprint density at radius 3 is 2.82 bits per heavy atom. The molecular weight excluding hydrogens is 278 g/mol. The molecule has 2 heterocycles. The number of nitrogens with one attached hydrogen (secondary N) is 1. The van der Waals surface area contributed by atoms with Gasteiger partial charge >= 0.3 is 0 Å². The van der Waals surface area contributed by atoms with Crippen LogP contribution in [0.2, 0.25) is 0 Å². The zero-order chi connectivity index (χ0) is 15.5. The highest BCUT2D eigenvalue weighted by Gasteiger charge is 2.28. The molecule has 5 nitrogen and oxygen atoms in total. The molecule has 3 rings (SSSR count). The maximum absolute atomic E-state index is 12.6. The number of benzene rings is 1. The Kier molecular flexibility index (Phi) is 3.87. The number of para-hydroxylation sites is 1. The van der Waals surface area contributed by atoms with Crippen molar-refractivity contribution in [3.05, 3.63) is 59.9 Å². The lowest BCUT2D eigenvalue weighted by Gasteiger charge is -2.22. The van der Waals surface area contributed by atoms with Gasteiger partial charge in [0.2, 0.25) is 5.91 Å². The molecule has 2 aromatic rings. The lowest BCUT2D eigenvalue weighted by Crippen LogP contribution is -2.46. The number of hydrogen-bond donors (Lipinski definition) is 1. The van der Waals surface area contributed by atoms with Crippen LogP contribution in [0.15, 0.2) is 48.8 Å². The van der Waals surface area contributed by atoms with Gasteiger partial charge in [-0.3, -0.25) is 14.6 Å². The van der Waals surface area contributed by atoms with Crippen LogP contribution in [-0.2, 0) is 11.2 Å². The van der Waals surface area contributed by atoms with Crippen molar-refractivity contribution in [1.29, 1.82) is 0 Å². The highest BCUT2D eigenvalue weighted by atomic mass is 16.2. The van der Waals surface area contributed by atoms with Crippen molar-refractivity contribution < 1.29 is 9.59 Å². The molecule has 0 radical (unpaired) electrons. The van der Waals surface area contributed by atoms with Crippen LogP contribution in [0.25, 0.3) is 0 Å². The maximum atomic E-state index is 12.6. The summed E-state index contributed by atoms with van der Waals surface area (Å²) < 4.78 is 0. The number of aromatic nitrogens is 1. The van der Waals surface area contributed by atoms with Crippen LogP contribution < -0.4 is 10.2 Å². The highest BCUT2D eigenvalue weighted by molar-refractivity contribution is 6.02. The average Bonchev–Trinajstić information content (AvgIpc) is 2.99. The molecule has 5 heteroatoms. The molecule has 0 fully saturated rings. The van der Waals surface area contributed by atoms with Crippen LogP contribution in [0.4, 0.5) is 5.69 Å². The summed E-state index contributed by atoms with van der Waals surface area (Å²) in [5.74, 6) is -0.386. The van der Waals surface area contributed by atoms with Gasteiger partial charge in [0, 0.05) is 24.6 Å². The Balaban J connectivity index is 1.70. The summed E-state index contributed by atoms with van der Waals surface area (Å²) in [6, 6.07) is 10.6. The number of pyridine rings is 1. The molecule has 22 heavy (non-hydrogen) atoms. The third kappa shape index (κ3) is 2.70. The minimum atomic E-state index is -0.584. The Labute approximate surface area is 129 Å². The van der Waals surface area contributed by atoms with E-state index >= 15 is 0 Å². The van der Waals surface area contributed by atoms with Gasteiger partial charge < -0.3 is 10.2 Å². The van der Waals surface area contributed by atoms with E-state index in [2.05, 4.69) is 10.3 Å². The van der Waals surface area contributed by atoms with Crippen molar-refractivity contribution in [3.8, 4) is 0 Å². The second-order valence-corrected chi connectivity index (χ2v) is 5.31. The lowest BCUT2D eigenvalue weighted by molar-refractivity contribution is -0.119. The van der Waals surface area contributed by atoms with Gasteiger partial charge in [0.25, 0.3) is 5.91 Å². The SMILES string of the molecule is C[C@@H](NC(=O)c1cccnc1)C(=O)N1CCc2ccccc21. The van der Waals surface area contributed by atoms with Gasteiger partial charge in [0.15, 0.2) is 0 Å². The zero-order valence-corrected chi connectivity index (χ0v) is 12.3. The molecule has 112 valence electrons. The molecule has 0 bridgehead atoms. The summed E-state index contributed by atoms with van der Waals surface area (Å²) in [7, 11) is 0. The Bertz CT molecular complexity index is 700. The van der Waals surface area contributed by atoms with E-state index in [4.69, 9.17) is 0 Å². The molecule has 0 aliphatic carbocycles. The van der Waals surface area contributed by atoms with Crippen LogP contribution in [0.3, 0.4) is 0 Å². The van der Waals surface area contributed by atoms with Crippen molar-refractivity contribution in [3.63, 3.8) is 0 Å². The van der Waals surface area contributed by atoms with E-state index in [1.807, 2.05) is 24.3 Å². The summed E-state index contributed by atoms with van der Waals surface area (Å²) in [5, 5.41) is 2.73. The minimum absolute atomic E-state index is 0.0952. The third-order valence-electron chi connectivity index (χ3n) is 3.79. The van der Waals surface area contributed by atoms with Gasteiger partial charge in [-0.25, -0.2) is 0 Å². The molecule has 1 N–H and O–H groups in total. The average molecular weight is 295 g/mol. The van der Waals surface area contributed by atoms with Gasteiger partial charge in [-0.1, -0.05) is 18.2 Å². The third-order valence-corrected chi connectivity index (χ3v) is 3.79. The molecular formula is C17H17N3O2. The molecule has 1 atom stereocenters. The lowest BCUT2D eigenvalue weighted by atomic mass is 10.2. The van der Waals surface area contributed by atoms with Gasteiger partial charge in [-0.05, 0) is 37.1 Å². The van der Waals surface area contributed by atoms with Crippen molar-refractivity contribution in [2.75, 3.05) is 11.4 Å². The Morgan fingerprint density at radius 1 is 1.23 bits per heavy atom. The largest absolute Gasteiger partial charge is 0.340 e. The number of fused-ring (bicyclic) bond motifs is 1. The number of carbonyl (C=O) groups is 2. The fourth-order valence-electron chi connectivity index (χ4n) is 2.64. The zero-order valence-electron chi connectivity index (χ0n) is 12.3. The van der Waals surface area contributed by atoms with Crippen LogP contribution in [-0.4, -0.2) is 29.4 Å². The van der Waals surface area contributed by atoms with Gasteiger partial charge in [-0.15, -0.1) is 0 Å². The van der Waals surface area contributed by atoms with Gasteiger partial charge in [0.05, 0.1) is 5.56 Å². The maximum Gasteiger partial charge on any atom is 0.253 e. The Morgan fingerprint density at radius 2 is 2.05 bits per heavy atom. The second kappa shape index (κ2) is 5.97. The summed E-state index contributed by atoms with van der Waals surface area (Å²) in [6.07, 6.45) is 3.94.